The highest BCUT2D eigenvalue weighted by Gasteiger charge is 2.40. The molecule has 4 heteroatoms. The van der Waals surface area contributed by atoms with Crippen molar-refractivity contribution in [2.24, 2.45) is 0 Å². The number of rotatable bonds is 3. The second kappa shape index (κ2) is 7.51. The average Bonchev–Trinajstić information content (AvgIpc) is 2.74. The fourth-order valence-electron chi connectivity index (χ4n) is 3.97. The number of carbonyl (C=O) groups excluding carboxylic acids is 1. The van der Waals surface area contributed by atoms with Crippen molar-refractivity contribution < 1.29 is 9.53 Å². The number of halogens is 1. The molecule has 2 aliphatic heterocycles. The van der Waals surface area contributed by atoms with Crippen LogP contribution in [0.25, 0.3) is 5.57 Å². The molecule has 0 radical (unpaired) electrons. The zero-order chi connectivity index (χ0) is 17.5. The Morgan fingerprint density at radius 3 is 2.12 bits per heavy atom. The summed E-state index contributed by atoms with van der Waals surface area (Å²) in [6.45, 7) is 10.5. The van der Waals surface area contributed by atoms with Crippen molar-refractivity contribution in [3.63, 3.8) is 0 Å². The molecule has 0 amide bonds. The average molecular weight is 364 g/mol. The quantitative estimate of drug-likeness (QED) is 0.581. The van der Waals surface area contributed by atoms with Crippen LogP contribution in [0, 0.1) is 0 Å². The Morgan fingerprint density at radius 2 is 1.64 bits per heavy atom. The number of esters is 1. The van der Waals surface area contributed by atoms with Gasteiger partial charge in [0.15, 0.2) is 0 Å². The van der Waals surface area contributed by atoms with Gasteiger partial charge in [-0.25, -0.2) is 4.79 Å². The summed E-state index contributed by atoms with van der Waals surface area (Å²) in [6, 6.07) is 9.24. The zero-order valence-corrected chi connectivity index (χ0v) is 16.6. The van der Waals surface area contributed by atoms with Gasteiger partial charge in [0.1, 0.15) is 6.10 Å². The van der Waals surface area contributed by atoms with Gasteiger partial charge in [-0.05, 0) is 36.4 Å². The van der Waals surface area contributed by atoms with E-state index in [0.717, 1.165) is 18.4 Å². The standard InChI is InChI=1S/C21H29NO2.ClH/c1-14(15-6-8-16(9-7-15)21(2,3)4)20(23)24-19-12-17-10-11-18(13-19)22(17)5;/h6-9,17-19H,1,10-13H2,2-5H3;1H. The number of hydrogen-bond donors (Lipinski definition) is 0. The van der Waals surface area contributed by atoms with Crippen molar-refractivity contribution in [2.45, 2.75) is 70.1 Å². The largest absolute Gasteiger partial charge is 0.459 e. The molecule has 138 valence electrons. The van der Waals surface area contributed by atoms with E-state index in [4.69, 9.17) is 4.74 Å². The first-order valence-electron chi connectivity index (χ1n) is 8.98. The first-order valence-corrected chi connectivity index (χ1v) is 8.98. The van der Waals surface area contributed by atoms with Crippen molar-refractivity contribution in [3.05, 3.63) is 42.0 Å². The molecule has 0 aromatic heterocycles. The van der Waals surface area contributed by atoms with Gasteiger partial charge < -0.3 is 9.64 Å². The van der Waals surface area contributed by atoms with E-state index in [2.05, 4.69) is 51.4 Å². The molecule has 1 aromatic rings. The minimum atomic E-state index is -0.271. The lowest BCUT2D eigenvalue weighted by Gasteiger charge is -2.35. The summed E-state index contributed by atoms with van der Waals surface area (Å²) >= 11 is 0. The molecule has 0 N–H and O–H groups in total. The van der Waals surface area contributed by atoms with E-state index in [1.54, 1.807) is 0 Å². The Morgan fingerprint density at radius 1 is 1.12 bits per heavy atom. The van der Waals surface area contributed by atoms with E-state index < -0.39 is 0 Å². The molecular formula is C21H30ClNO2. The van der Waals surface area contributed by atoms with Gasteiger partial charge in [-0.3, -0.25) is 0 Å². The SMILES string of the molecule is C=C(C(=O)OC1CC2CCC(C1)N2C)c1ccc(C(C)(C)C)cc1.Cl. The molecule has 2 saturated heterocycles. The molecule has 0 aliphatic carbocycles. The molecule has 3 rings (SSSR count). The summed E-state index contributed by atoms with van der Waals surface area (Å²) in [5.74, 6) is -0.271. The summed E-state index contributed by atoms with van der Waals surface area (Å²) in [6.07, 6.45) is 4.40. The van der Waals surface area contributed by atoms with E-state index in [-0.39, 0.29) is 29.9 Å². The molecule has 0 spiro atoms. The predicted molar refractivity (Wildman–Crippen MR) is 105 cm³/mol. The maximum Gasteiger partial charge on any atom is 0.338 e. The van der Waals surface area contributed by atoms with Gasteiger partial charge in [-0.15, -0.1) is 12.4 Å². The van der Waals surface area contributed by atoms with E-state index in [1.165, 1.54) is 18.4 Å². The summed E-state index contributed by atoms with van der Waals surface area (Å²) in [4.78, 5) is 14.9. The Bertz CT molecular complexity index is 618. The number of hydrogen-bond acceptors (Lipinski definition) is 3. The van der Waals surface area contributed by atoms with Crippen LogP contribution in [0.4, 0.5) is 0 Å². The van der Waals surface area contributed by atoms with Crippen molar-refractivity contribution in [2.75, 3.05) is 7.05 Å². The van der Waals surface area contributed by atoms with Gasteiger partial charge >= 0.3 is 5.97 Å². The second-order valence-electron chi connectivity index (χ2n) is 8.36. The number of ether oxygens (including phenoxy) is 1. The minimum Gasteiger partial charge on any atom is -0.459 e. The molecule has 3 nitrogen and oxygen atoms in total. The van der Waals surface area contributed by atoms with Gasteiger partial charge in [0.05, 0.1) is 5.57 Å². The molecule has 2 atom stereocenters. The number of piperidine rings is 1. The number of nitrogens with zero attached hydrogens (tertiary/aromatic N) is 1. The fraction of sp³-hybridized carbons (Fsp3) is 0.571. The van der Waals surface area contributed by atoms with E-state index in [0.29, 0.717) is 17.7 Å². The molecule has 0 saturated carbocycles. The molecule has 2 unspecified atom stereocenters. The van der Waals surface area contributed by atoms with Gasteiger partial charge in [0.25, 0.3) is 0 Å². The van der Waals surface area contributed by atoms with Crippen LogP contribution in [-0.2, 0) is 14.9 Å². The first kappa shape index (κ1) is 20.0. The maximum absolute atomic E-state index is 12.5. The highest BCUT2D eigenvalue weighted by Crippen LogP contribution is 2.36. The molecule has 2 fully saturated rings. The molecular weight excluding hydrogens is 334 g/mol. The van der Waals surface area contributed by atoms with Crippen LogP contribution < -0.4 is 0 Å². The van der Waals surface area contributed by atoms with Crippen LogP contribution >= 0.6 is 12.4 Å². The van der Waals surface area contributed by atoms with E-state index >= 15 is 0 Å². The number of benzene rings is 1. The molecule has 25 heavy (non-hydrogen) atoms. The molecule has 2 aliphatic rings. The van der Waals surface area contributed by atoms with Crippen molar-refractivity contribution in [3.8, 4) is 0 Å². The van der Waals surface area contributed by atoms with Gasteiger partial charge in [-0.1, -0.05) is 51.6 Å². The van der Waals surface area contributed by atoms with Crippen molar-refractivity contribution in [1.82, 2.24) is 4.90 Å². The van der Waals surface area contributed by atoms with Crippen molar-refractivity contribution in [1.29, 1.82) is 0 Å². The molecule has 2 heterocycles. The highest BCUT2D eigenvalue weighted by molar-refractivity contribution is 6.15. The second-order valence-corrected chi connectivity index (χ2v) is 8.36. The summed E-state index contributed by atoms with van der Waals surface area (Å²) in [7, 11) is 2.19. The van der Waals surface area contributed by atoms with Crippen LogP contribution in [0.2, 0.25) is 0 Å². The maximum atomic E-state index is 12.5. The number of fused-ring (bicyclic) bond motifs is 2. The van der Waals surface area contributed by atoms with E-state index in [9.17, 15) is 4.79 Å². The molecule has 2 bridgehead atoms. The normalized spacial score (nSPS) is 26.0. The third kappa shape index (κ3) is 4.27. The summed E-state index contributed by atoms with van der Waals surface area (Å²) in [5, 5.41) is 0. The third-order valence-electron chi connectivity index (χ3n) is 5.67. The van der Waals surface area contributed by atoms with Gasteiger partial charge in [0, 0.05) is 24.9 Å². The predicted octanol–water partition coefficient (Wildman–Crippen LogP) is 4.59. The van der Waals surface area contributed by atoms with Crippen molar-refractivity contribution >= 4 is 23.9 Å². The van der Waals surface area contributed by atoms with Crippen LogP contribution in [0.5, 0.6) is 0 Å². The third-order valence-corrected chi connectivity index (χ3v) is 5.67. The lowest BCUT2D eigenvalue weighted by molar-refractivity contribution is -0.145. The fourth-order valence-corrected chi connectivity index (χ4v) is 3.97. The molecule has 1 aromatic carbocycles. The van der Waals surface area contributed by atoms with Crippen LogP contribution in [0.3, 0.4) is 0 Å². The smallest absolute Gasteiger partial charge is 0.338 e. The highest BCUT2D eigenvalue weighted by atomic mass is 35.5. The number of carbonyl (C=O) groups is 1. The van der Waals surface area contributed by atoms with E-state index in [1.807, 2.05) is 12.1 Å². The lowest BCUT2D eigenvalue weighted by atomic mass is 9.86. The van der Waals surface area contributed by atoms with Crippen LogP contribution in [-0.4, -0.2) is 36.1 Å². The van der Waals surface area contributed by atoms with Crippen LogP contribution in [0.1, 0.15) is 57.6 Å². The summed E-state index contributed by atoms with van der Waals surface area (Å²) < 4.78 is 5.77. The van der Waals surface area contributed by atoms with Gasteiger partial charge in [-0.2, -0.15) is 0 Å². The van der Waals surface area contributed by atoms with Gasteiger partial charge in [0.2, 0.25) is 0 Å². The topological polar surface area (TPSA) is 29.5 Å². The minimum absolute atomic E-state index is 0. The Labute approximate surface area is 157 Å². The van der Waals surface area contributed by atoms with Crippen LogP contribution in [0.15, 0.2) is 30.8 Å². The summed E-state index contributed by atoms with van der Waals surface area (Å²) in [5.41, 5.74) is 2.67. The Kier molecular flexibility index (Phi) is 6.01. The first-order chi connectivity index (χ1) is 11.3. The zero-order valence-electron chi connectivity index (χ0n) is 15.7. The Hall–Kier alpha value is -1.32. The lowest BCUT2D eigenvalue weighted by Crippen LogP contribution is -2.43. The Balaban J connectivity index is 0.00000225. The monoisotopic (exact) mass is 363 g/mol.